The van der Waals surface area contributed by atoms with E-state index in [9.17, 15) is 15.3 Å². The molecule has 1 fully saturated rings. The number of nitrogens with zero attached hydrogens (tertiary/aromatic N) is 3. The van der Waals surface area contributed by atoms with Crippen LogP contribution >= 0.6 is 0 Å². The van der Waals surface area contributed by atoms with Crippen molar-refractivity contribution in [3.8, 4) is 11.8 Å². The van der Waals surface area contributed by atoms with Crippen molar-refractivity contribution in [1.82, 2.24) is 14.8 Å². The standard InChI is InChI=1S/C12H17N3O5/c1-12(2,19)4-3-8-13-6-15(14-8)11-10(18)9(17)7(5-16)20-11/h6-7,9-11,16-19H,5H2,1-2H3/t7-,9?,10+,11-/m1/s1. The maximum Gasteiger partial charge on any atom is 0.225 e. The van der Waals surface area contributed by atoms with Crippen molar-refractivity contribution in [1.29, 1.82) is 0 Å². The van der Waals surface area contributed by atoms with E-state index in [1.165, 1.54) is 24.9 Å². The van der Waals surface area contributed by atoms with E-state index in [0.29, 0.717) is 0 Å². The molecule has 1 aromatic heterocycles. The number of hydrogen-bond acceptors (Lipinski definition) is 7. The zero-order chi connectivity index (χ0) is 14.9. The highest BCUT2D eigenvalue weighted by Crippen LogP contribution is 2.28. The van der Waals surface area contributed by atoms with Crippen LogP contribution in [0.25, 0.3) is 0 Å². The minimum Gasteiger partial charge on any atom is -0.394 e. The van der Waals surface area contributed by atoms with Crippen LogP contribution in [0.3, 0.4) is 0 Å². The maximum absolute atomic E-state index is 9.83. The third-order valence-corrected chi connectivity index (χ3v) is 2.77. The fraction of sp³-hybridized carbons (Fsp3) is 0.667. The molecule has 8 heteroatoms. The summed E-state index contributed by atoms with van der Waals surface area (Å²) >= 11 is 0. The molecule has 1 aromatic rings. The summed E-state index contributed by atoms with van der Waals surface area (Å²) in [5, 5.41) is 42.0. The summed E-state index contributed by atoms with van der Waals surface area (Å²) < 4.78 is 6.51. The van der Waals surface area contributed by atoms with Crippen LogP contribution in [-0.4, -0.2) is 65.7 Å². The van der Waals surface area contributed by atoms with Gasteiger partial charge in [-0.1, -0.05) is 5.92 Å². The summed E-state index contributed by atoms with van der Waals surface area (Å²) in [6, 6.07) is 0. The molecule has 1 aliphatic rings. The maximum atomic E-state index is 9.83. The van der Waals surface area contributed by atoms with E-state index in [2.05, 4.69) is 21.9 Å². The normalized spacial score (nSPS) is 30.1. The van der Waals surface area contributed by atoms with Crippen LogP contribution in [-0.2, 0) is 4.74 Å². The lowest BCUT2D eigenvalue weighted by Gasteiger charge is -2.13. The zero-order valence-electron chi connectivity index (χ0n) is 11.1. The Kier molecular flexibility index (Phi) is 4.08. The van der Waals surface area contributed by atoms with Gasteiger partial charge in [0.15, 0.2) is 6.23 Å². The van der Waals surface area contributed by atoms with E-state index in [-0.39, 0.29) is 5.82 Å². The average molecular weight is 283 g/mol. The largest absolute Gasteiger partial charge is 0.394 e. The number of aromatic nitrogens is 3. The Hall–Kier alpha value is -1.50. The highest BCUT2D eigenvalue weighted by molar-refractivity contribution is 5.23. The van der Waals surface area contributed by atoms with Crippen LogP contribution in [0.5, 0.6) is 0 Å². The van der Waals surface area contributed by atoms with E-state index in [1.54, 1.807) is 0 Å². The number of rotatable bonds is 2. The van der Waals surface area contributed by atoms with E-state index in [0.717, 1.165) is 0 Å². The van der Waals surface area contributed by atoms with Crippen molar-refractivity contribution in [2.24, 2.45) is 0 Å². The summed E-state index contributed by atoms with van der Waals surface area (Å²) in [5.74, 6) is 5.30. The first kappa shape index (κ1) is 14.9. The first-order chi connectivity index (χ1) is 9.31. The lowest BCUT2D eigenvalue weighted by atomic mass is 10.1. The van der Waals surface area contributed by atoms with Crippen molar-refractivity contribution < 1.29 is 25.2 Å². The number of ether oxygens (including phenoxy) is 1. The molecule has 8 nitrogen and oxygen atoms in total. The Morgan fingerprint density at radius 2 is 2.10 bits per heavy atom. The van der Waals surface area contributed by atoms with Gasteiger partial charge < -0.3 is 25.2 Å². The van der Waals surface area contributed by atoms with Crippen LogP contribution < -0.4 is 0 Å². The van der Waals surface area contributed by atoms with Crippen molar-refractivity contribution >= 4 is 0 Å². The molecule has 1 aliphatic heterocycles. The van der Waals surface area contributed by atoms with Gasteiger partial charge in [0.25, 0.3) is 0 Å². The average Bonchev–Trinajstić information content (AvgIpc) is 2.93. The van der Waals surface area contributed by atoms with Crippen LogP contribution in [0.4, 0.5) is 0 Å². The molecule has 110 valence electrons. The molecule has 0 aromatic carbocycles. The molecule has 2 heterocycles. The molecule has 2 rings (SSSR count). The topological polar surface area (TPSA) is 121 Å². The van der Waals surface area contributed by atoms with Crippen molar-refractivity contribution in [2.45, 2.75) is 44.0 Å². The molecule has 0 spiro atoms. The molecule has 4 atom stereocenters. The minimum atomic E-state index is -1.22. The second-order valence-electron chi connectivity index (χ2n) is 5.09. The first-order valence-electron chi connectivity index (χ1n) is 6.11. The predicted octanol–water partition coefficient (Wildman–Crippen LogP) is -1.99. The lowest BCUT2D eigenvalue weighted by molar-refractivity contribution is -0.0588. The summed E-state index contributed by atoms with van der Waals surface area (Å²) in [4.78, 5) is 3.91. The molecule has 1 saturated heterocycles. The SMILES string of the molecule is CC(C)(O)C#Cc1ncn([C@@H]2O[C@H](CO)C(O)[C@@H]2O)n1. The molecule has 0 amide bonds. The molecule has 0 saturated carbocycles. The summed E-state index contributed by atoms with van der Waals surface area (Å²) in [6.45, 7) is 2.65. The van der Waals surface area contributed by atoms with Gasteiger partial charge >= 0.3 is 0 Å². The van der Waals surface area contributed by atoms with Gasteiger partial charge in [0.1, 0.15) is 30.2 Å². The zero-order valence-corrected chi connectivity index (χ0v) is 11.1. The Bertz CT molecular complexity index is 527. The monoisotopic (exact) mass is 283 g/mol. The van der Waals surface area contributed by atoms with E-state index in [4.69, 9.17) is 9.84 Å². The second-order valence-corrected chi connectivity index (χ2v) is 5.09. The fourth-order valence-electron chi connectivity index (χ4n) is 1.76. The molecule has 20 heavy (non-hydrogen) atoms. The third-order valence-electron chi connectivity index (χ3n) is 2.77. The van der Waals surface area contributed by atoms with Gasteiger partial charge in [-0.3, -0.25) is 0 Å². The van der Waals surface area contributed by atoms with Gasteiger partial charge in [-0.25, -0.2) is 9.67 Å². The molecular weight excluding hydrogens is 266 g/mol. The summed E-state index contributed by atoms with van der Waals surface area (Å²) in [5.41, 5.74) is -1.16. The summed E-state index contributed by atoms with van der Waals surface area (Å²) in [6.07, 6.45) is -2.92. The van der Waals surface area contributed by atoms with E-state index < -0.39 is 36.7 Å². The molecule has 0 bridgehead atoms. The number of aliphatic hydroxyl groups excluding tert-OH is 3. The third kappa shape index (κ3) is 3.15. The Morgan fingerprint density at radius 3 is 2.65 bits per heavy atom. The quantitative estimate of drug-likeness (QED) is 0.464. The minimum absolute atomic E-state index is 0.157. The van der Waals surface area contributed by atoms with Crippen LogP contribution in [0.1, 0.15) is 25.9 Å². The van der Waals surface area contributed by atoms with Gasteiger partial charge in [0, 0.05) is 0 Å². The summed E-state index contributed by atoms with van der Waals surface area (Å²) in [7, 11) is 0. The van der Waals surface area contributed by atoms with Gasteiger partial charge in [0.2, 0.25) is 5.82 Å². The fourth-order valence-corrected chi connectivity index (χ4v) is 1.76. The van der Waals surface area contributed by atoms with E-state index in [1.807, 2.05) is 0 Å². The van der Waals surface area contributed by atoms with Crippen LogP contribution in [0, 0.1) is 11.8 Å². The van der Waals surface area contributed by atoms with Gasteiger partial charge in [-0.2, -0.15) is 0 Å². The van der Waals surface area contributed by atoms with Crippen molar-refractivity contribution in [3.05, 3.63) is 12.2 Å². The molecule has 4 N–H and O–H groups in total. The van der Waals surface area contributed by atoms with Crippen LogP contribution in [0.2, 0.25) is 0 Å². The molecular formula is C12H17N3O5. The highest BCUT2D eigenvalue weighted by Gasteiger charge is 2.43. The van der Waals surface area contributed by atoms with Crippen molar-refractivity contribution in [3.63, 3.8) is 0 Å². The smallest absolute Gasteiger partial charge is 0.225 e. The molecule has 1 unspecified atom stereocenters. The number of aliphatic hydroxyl groups is 4. The highest BCUT2D eigenvalue weighted by atomic mass is 16.6. The molecule has 0 aliphatic carbocycles. The lowest BCUT2D eigenvalue weighted by Crippen LogP contribution is -2.33. The van der Waals surface area contributed by atoms with Crippen molar-refractivity contribution in [2.75, 3.05) is 6.61 Å². The Balaban J connectivity index is 2.15. The Labute approximate surface area is 115 Å². The van der Waals surface area contributed by atoms with Gasteiger partial charge in [-0.05, 0) is 19.8 Å². The van der Waals surface area contributed by atoms with Gasteiger partial charge in [-0.15, -0.1) is 5.10 Å². The Morgan fingerprint density at radius 1 is 1.40 bits per heavy atom. The van der Waals surface area contributed by atoms with Gasteiger partial charge in [0.05, 0.1) is 6.61 Å². The number of hydrogen-bond donors (Lipinski definition) is 4. The second kappa shape index (κ2) is 5.47. The van der Waals surface area contributed by atoms with Crippen LogP contribution in [0.15, 0.2) is 6.33 Å². The molecule has 0 radical (unpaired) electrons. The first-order valence-corrected chi connectivity index (χ1v) is 6.11. The van der Waals surface area contributed by atoms with E-state index >= 15 is 0 Å². The predicted molar refractivity (Wildman–Crippen MR) is 66.2 cm³/mol.